The Hall–Kier alpha value is -1.37. The fourth-order valence-electron chi connectivity index (χ4n) is 5.79. The Bertz CT molecular complexity index is 982. The average Bonchev–Trinajstić information content (AvgIpc) is 2.99. The topological polar surface area (TPSA) is 94.8 Å². The van der Waals surface area contributed by atoms with Crippen LogP contribution in [0.2, 0.25) is 0 Å². The van der Waals surface area contributed by atoms with E-state index in [2.05, 4.69) is 0 Å². The predicted octanol–water partition coefficient (Wildman–Crippen LogP) is 1.65. The van der Waals surface area contributed by atoms with E-state index in [9.17, 15) is 24.9 Å². The van der Waals surface area contributed by atoms with Gasteiger partial charge in [-0.15, -0.1) is 0 Å². The maximum absolute atomic E-state index is 17.4. The first-order valence-electron chi connectivity index (χ1n) is 11.7. The predicted molar refractivity (Wildman–Crippen MR) is 95.4 cm³/mol. The number of halogens is 1. The molecule has 0 spiro atoms. The molecular formula is C21H27FO5. The van der Waals surface area contributed by atoms with Gasteiger partial charge in [-0.3, -0.25) is 9.59 Å². The number of aliphatic hydroxyl groups is 3. The van der Waals surface area contributed by atoms with Crippen molar-refractivity contribution < 1.29 is 36.2 Å². The van der Waals surface area contributed by atoms with Crippen molar-refractivity contribution in [3.63, 3.8) is 0 Å². The Morgan fingerprint density at radius 2 is 2.15 bits per heavy atom. The van der Waals surface area contributed by atoms with E-state index in [1.54, 1.807) is 0 Å². The molecule has 27 heavy (non-hydrogen) atoms. The molecule has 0 heterocycles. The summed E-state index contributed by atoms with van der Waals surface area (Å²) in [7, 11) is 0. The van der Waals surface area contributed by atoms with Gasteiger partial charge in [0, 0.05) is 20.9 Å². The minimum atomic E-state index is -3.53. The van der Waals surface area contributed by atoms with E-state index < -0.39 is 77.0 Å². The fourth-order valence-corrected chi connectivity index (χ4v) is 5.79. The van der Waals surface area contributed by atoms with E-state index >= 15 is 4.39 Å². The number of fused-ring (bicyclic) bond motifs is 5. The molecule has 8 atom stereocenters. The smallest absolute Gasteiger partial charge is 0.190 e. The number of hydrogen-bond donors (Lipinski definition) is 3. The number of aliphatic hydroxyl groups excluding tert-OH is 1. The molecule has 0 bridgehead atoms. The highest BCUT2D eigenvalue weighted by atomic mass is 19.1. The Morgan fingerprint density at radius 1 is 1.44 bits per heavy atom. The molecule has 0 aromatic heterocycles. The molecule has 0 aromatic rings. The highest BCUT2D eigenvalue weighted by molar-refractivity contribution is 6.01. The van der Waals surface area contributed by atoms with E-state index in [1.165, 1.54) is 13.8 Å². The lowest BCUT2D eigenvalue weighted by atomic mass is 9.44. The lowest BCUT2D eigenvalue weighted by molar-refractivity contribution is -0.217. The van der Waals surface area contributed by atoms with Crippen LogP contribution in [0.25, 0.3) is 0 Å². The molecule has 4 rings (SSSR count). The van der Waals surface area contributed by atoms with Gasteiger partial charge in [-0.05, 0) is 57.0 Å². The van der Waals surface area contributed by atoms with Crippen LogP contribution in [0.4, 0.5) is 4.39 Å². The largest absolute Gasteiger partial charge is 0.390 e. The van der Waals surface area contributed by atoms with Crippen molar-refractivity contribution in [3.8, 4) is 0 Å². The third-order valence-electron chi connectivity index (χ3n) is 7.46. The standard InChI is InChI=1S/C21H27FO5/c1-18-7-5-13(24)9-12(18)3-4-15-14-6-8-20(27,17(26)11-23)19(14,2)10-16(25)21(15,18)22/h5,7,9,14-16,23,25,27H,3-4,6,8,10-11H2,1-2H3/t14-,15-,16-,18-,19-,20-,21-/m0/s1/i3D,9D,10D2,16D/t3?,14-,15-,16-,18-,19-,20-,21-. The molecular weight excluding hydrogens is 351 g/mol. The van der Waals surface area contributed by atoms with Crippen molar-refractivity contribution in [2.45, 2.75) is 63.2 Å². The van der Waals surface area contributed by atoms with Crippen LogP contribution in [0.3, 0.4) is 0 Å². The Labute approximate surface area is 165 Å². The lowest BCUT2D eigenvalue weighted by Gasteiger charge is -2.62. The first kappa shape index (κ1) is 13.7. The molecule has 3 fully saturated rings. The second-order valence-electron chi connectivity index (χ2n) is 8.46. The van der Waals surface area contributed by atoms with Crippen LogP contribution in [0, 0.1) is 22.7 Å². The van der Waals surface area contributed by atoms with Crippen molar-refractivity contribution in [2.24, 2.45) is 22.7 Å². The molecule has 4 aliphatic rings. The van der Waals surface area contributed by atoms with Crippen molar-refractivity contribution in [2.75, 3.05) is 6.61 Å². The molecule has 0 radical (unpaired) electrons. The molecule has 3 saturated carbocycles. The zero-order chi connectivity index (χ0) is 24.3. The molecule has 0 aliphatic heterocycles. The van der Waals surface area contributed by atoms with Gasteiger partial charge in [-0.1, -0.05) is 18.6 Å². The van der Waals surface area contributed by atoms with E-state index in [1.807, 2.05) is 0 Å². The van der Waals surface area contributed by atoms with Crippen LogP contribution >= 0.6 is 0 Å². The SMILES string of the molecule is [2H]C1=C2C([2H])C[C@H]3[C@@H]4CC[C@](O)(C(=O)CO)[C@@]4(C)C([2H])([2H])[C@]([2H])(O)[C@]3(F)[C@@]2(C)C=CC1=O. The van der Waals surface area contributed by atoms with Gasteiger partial charge in [0.1, 0.15) is 12.2 Å². The first-order chi connectivity index (χ1) is 14.5. The van der Waals surface area contributed by atoms with Crippen molar-refractivity contribution >= 4 is 11.6 Å². The highest BCUT2D eigenvalue weighted by Gasteiger charge is 2.73. The Balaban J connectivity index is 2.03. The lowest BCUT2D eigenvalue weighted by Crippen LogP contribution is -2.69. The second-order valence-corrected chi connectivity index (χ2v) is 8.46. The molecule has 0 amide bonds. The van der Waals surface area contributed by atoms with Crippen molar-refractivity contribution in [1.82, 2.24) is 0 Å². The summed E-state index contributed by atoms with van der Waals surface area (Å²) in [6.07, 6.45) is -6.55. The molecule has 4 aliphatic carbocycles. The Kier molecular flexibility index (Phi) is 2.84. The summed E-state index contributed by atoms with van der Waals surface area (Å²) < 4.78 is 60.3. The van der Waals surface area contributed by atoms with E-state index in [0.717, 1.165) is 12.2 Å². The number of ketones is 2. The molecule has 5 nitrogen and oxygen atoms in total. The van der Waals surface area contributed by atoms with E-state index in [-0.39, 0.29) is 24.8 Å². The van der Waals surface area contributed by atoms with Gasteiger partial charge in [0.2, 0.25) is 0 Å². The average molecular weight is 383 g/mol. The maximum Gasteiger partial charge on any atom is 0.190 e. The fraction of sp³-hybridized carbons (Fsp3) is 0.714. The number of Topliss-reactive ketones (excluding diaryl/α,β-unsaturated/α-hetero) is 1. The van der Waals surface area contributed by atoms with Crippen LogP contribution < -0.4 is 0 Å². The summed E-state index contributed by atoms with van der Waals surface area (Å²) >= 11 is 0. The van der Waals surface area contributed by atoms with Gasteiger partial charge >= 0.3 is 0 Å². The van der Waals surface area contributed by atoms with E-state index in [4.69, 9.17) is 6.85 Å². The number of alkyl halides is 1. The van der Waals surface area contributed by atoms with Crippen LogP contribution in [0.1, 0.15) is 52.7 Å². The molecule has 0 saturated heterocycles. The van der Waals surface area contributed by atoms with Gasteiger partial charge < -0.3 is 15.3 Å². The summed E-state index contributed by atoms with van der Waals surface area (Å²) in [6, 6.07) is -0.603. The molecule has 1 unspecified atom stereocenters. The molecule has 6 heteroatoms. The van der Waals surface area contributed by atoms with Gasteiger partial charge in [-0.2, -0.15) is 0 Å². The minimum Gasteiger partial charge on any atom is -0.390 e. The monoisotopic (exact) mass is 383 g/mol. The van der Waals surface area contributed by atoms with E-state index in [0.29, 0.717) is 0 Å². The number of carbonyl (C=O) groups is 2. The van der Waals surface area contributed by atoms with Crippen molar-refractivity contribution in [1.29, 1.82) is 0 Å². The number of hydrogen-bond acceptors (Lipinski definition) is 5. The first-order valence-corrected chi connectivity index (χ1v) is 9.15. The molecule has 0 aromatic carbocycles. The van der Waals surface area contributed by atoms with Crippen molar-refractivity contribution in [3.05, 3.63) is 23.8 Å². The summed E-state index contributed by atoms with van der Waals surface area (Å²) in [5.74, 6) is -4.20. The minimum absolute atomic E-state index is 0.0249. The molecule has 3 N–H and O–H groups in total. The Morgan fingerprint density at radius 3 is 2.81 bits per heavy atom. The second kappa shape index (κ2) is 5.58. The summed E-state index contributed by atoms with van der Waals surface area (Å²) in [4.78, 5) is 24.6. The highest BCUT2D eigenvalue weighted by Crippen LogP contribution is 2.69. The number of allylic oxidation sites excluding steroid dienone is 4. The summed E-state index contributed by atoms with van der Waals surface area (Å²) in [6.45, 7) is 1.36. The van der Waals surface area contributed by atoms with Gasteiger partial charge in [0.15, 0.2) is 17.2 Å². The third kappa shape index (κ3) is 2.04. The van der Waals surface area contributed by atoms with Crippen LogP contribution in [-0.2, 0) is 9.59 Å². The van der Waals surface area contributed by atoms with Gasteiger partial charge in [0.25, 0.3) is 0 Å². The number of carbonyl (C=O) groups excluding carboxylic acids is 2. The zero-order valence-corrected chi connectivity index (χ0v) is 15.3. The quantitative estimate of drug-likeness (QED) is 0.674. The maximum atomic E-state index is 17.4. The zero-order valence-electron chi connectivity index (χ0n) is 20.3. The normalized spacial score (nSPS) is 61.6. The molecule has 148 valence electrons. The number of rotatable bonds is 2. The summed E-state index contributed by atoms with van der Waals surface area (Å²) in [5, 5.41) is 32.1. The van der Waals surface area contributed by atoms with Gasteiger partial charge in [0.05, 0.1) is 8.82 Å². The van der Waals surface area contributed by atoms with Crippen LogP contribution in [0.15, 0.2) is 23.8 Å². The van der Waals surface area contributed by atoms with Gasteiger partial charge in [-0.25, -0.2) is 4.39 Å². The van der Waals surface area contributed by atoms with Crippen LogP contribution in [0.5, 0.6) is 0 Å². The summed E-state index contributed by atoms with van der Waals surface area (Å²) in [5.41, 5.74) is -9.86. The van der Waals surface area contributed by atoms with Crippen LogP contribution in [-0.4, -0.2) is 50.8 Å². The third-order valence-corrected chi connectivity index (χ3v) is 7.46.